The quantitative estimate of drug-likeness (QED) is 0.819. The summed E-state index contributed by atoms with van der Waals surface area (Å²) >= 11 is 0. The highest BCUT2D eigenvalue weighted by atomic mass is 16.5. The molecule has 0 atom stereocenters. The molecule has 0 aliphatic carbocycles. The van der Waals surface area contributed by atoms with Gasteiger partial charge in [0.15, 0.2) is 5.65 Å². The third-order valence-electron chi connectivity index (χ3n) is 5.11. The Morgan fingerprint density at radius 3 is 2.67 bits per heavy atom. The predicted octanol–water partition coefficient (Wildman–Crippen LogP) is 0.905. The average Bonchev–Trinajstić information content (AvgIpc) is 3.02. The number of carbonyl (C=O) groups is 1. The van der Waals surface area contributed by atoms with Crippen LogP contribution in [0.4, 0.5) is 0 Å². The van der Waals surface area contributed by atoms with Crippen molar-refractivity contribution in [3.63, 3.8) is 0 Å². The summed E-state index contributed by atoms with van der Waals surface area (Å²) in [5, 5.41) is 0. The maximum Gasteiger partial charge on any atom is 0.255 e. The molecule has 2 aliphatic heterocycles. The Labute approximate surface area is 141 Å². The zero-order valence-corrected chi connectivity index (χ0v) is 14.0. The highest BCUT2D eigenvalue weighted by Crippen LogP contribution is 2.20. The standard InChI is InChI=1S/C17H23N5O2/c1-20-12-19-15-10-13(11-18-16(15)20)17(23)22-4-2-14(3-5-22)21-6-8-24-9-7-21/h10-12,14H,2-9H2,1H3. The van der Waals surface area contributed by atoms with Crippen LogP contribution in [0, 0.1) is 0 Å². The van der Waals surface area contributed by atoms with Crippen LogP contribution in [0.5, 0.6) is 0 Å². The van der Waals surface area contributed by atoms with E-state index in [1.165, 1.54) is 0 Å². The van der Waals surface area contributed by atoms with Gasteiger partial charge in [0.25, 0.3) is 5.91 Å². The van der Waals surface area contributed by atoms with Crippen LogP contribution >= 0.6 is 0 Å². The first kappa shape index (κ1) is 15.5. The lowest BCUT2D eigenvalue weighted by molar-refractivity contribution is 0.00158. The van der Waals surface area contributed by atoms with E-state index in [4.69, 9.17) is 4.74 Å². The third kappa shape index (κ3) is 2.89. The number of hydrogen-bond acceptors (Lipinski definition) is 5. The summed E-state index contributed by atoms with van der Waals surface area (Å²) in [6.45, 7) is 5.30. The Kier molecular flexibility index (Phi) is 4.20. The number of piperidine rings is 1. The summed E-state index contributed by atoms with van der Waals surface area (Å²) in [5.41, 5.74) is 2.20. The van der Waals surface area contributed by atoms with Crippen molar-refractivity contribution < 1.29 is 9.53 Å². The lowest BCUT2D eigenvalue weighted by atomic mass is 10.0. The fourth-order valence-electron chi connectivity index (χ4n) is 3.69. The highest BCUT2D eigenvalue weighted by molar-refractivity contribution is 5.96. The van der Waals surface area contributed by atoms with E-state index < -0.39 is 0 Å². The van der Waals surface area contributed by atoms with Crippen LogP contribution in [0.2, 0.25) is 0 Å². The van der Waals surface area contributed by atoms with Gasteiger partial charge in [-0.1, -0.05) is 0 Å². The van der Waals surface area contributed by atoms with Gasteiger partial charge in [0.2, 0.25) is 0 Å². The molecule has 2 aromatic rings. The number of carbonyl (C=O) groups excluding carboxylic acids is 1. The van der Waals surface area contributed by atoms with E-state index in [1.807, 2.05) is 22.6 Å². The minimum atomic E-state index is 0.0653. The summed E-state index contributed by atoms with van der Waals surface area (Å²) in [6.07, 6.45) is 5.45. The normalized spacial score (nSPS) is 20.6. The second-order valence-electron chi connectivity index (χ2n) is 6.59. The van der Waals surface area contributed by atoms with Crippen LogP contribution < -0.4 is 0 Å². The molecule has 4 heterocycles. The molecule has 0 saturated carbocycles. The number of likely N-dealkylation sites (tertiary alicyclic amines) is 1. The van der Waals surface area contributed by atoms with Crippen molar-refractivity contribution in [1.82, 2.24) is 24.3 Å². The van der Waals surface area contributed by atoms with E-state index >= 15 is 0 Å². The monoisotopic (exact) mass is 329 g/mol. The predicted molar refractivity (Wildman–Crippen MR) is 89.8 cm³/mol. The Bertz CT molecular complexity index is 730. The molecule has 0 radical (unpaired) electrons. The molecule has 0 aromatic carbocycles. The van der Waals surface area contributed by atoms with Crippen molar-refractivity contribution in [2.75, 3.05) is 39.4 Å². The summed E-state index contributed by atoms with van der Waals surface area (Å²) in [6, 6.07) is 2.42. The Morgan fingerprint density at radius 2 is 1.92 bits per heavy atom. The van der Waals surface area contributed by atoms with Gasteiger partial charge in [0.1, 0.15) is 5.52 Å². The lowest BCUT2D eigenvalue weighted by Gasteiger charge is -2.40. The number of imidazole rings is 1. The topological polar surface area (TPSA) is 63.5 Å². The van der Waals surface area contributed by atoms with Gasteiger partial charge in [-0.2, -0.15) is 0 Å². The van der Waals surface area contributed by atoms with Crippen LogP contribution in [-0.4, -0.2) is 75.7 Å². The molecule has 4 rings (SSSR count). The Morgan fingerprint density at radius 1 is 1.17 bits per heavy atom. The van der Waals surface area contributed by atoms with Gasteiger partial charge in [0, 0.05) is 45.5 Å². The largest absolute Gasteiger partial charge is 0.379 e. The van der Waals surface area contributed by atoms with Crippen LogP contribution in [0.25, 0.3) is 11.2 Å². The van der Waals surface area contributed by atoms with Gasteiger partial charge in [-0.15, -0.1) is 0 Å². The molecule has 1 amide bonds. The van der Waals surface area contributed by atoms with Crippen LogP contribution in [-0.2, 0) is 11.8 Å². The number of amides is 1. The molecule has 2 aliphatic rings. The first-order valence-electron chi connectivity index (χ1n) is 8.60. The molecule has 0 bridgehead atoms. The molecular weight excluding hydrogens is 306 g/mol. The molecule has 2 saturated heterocycles. The van der Waals surface area contributed by atoms with Crippen molar-refractivity contribution in [2.45, 2.75) is 18.9 Å². The van der Waals surface area contributed by atoms with Crippen molar-refractivity contribution >= 4 is 17.1 Å². The molecule has 2 aromatic heterocycles. The van der Waals surface area contributed by atoms with Crippen LogP contribution in [0.3, 0.4) is 0 Å². The van der Waals surface area contributed by atoms with Gasteiger partial charge in [0.05, 0.1) is 25.1 Å². The van der Waals surface area contributed by atoms with E-state index in [-0.39, 0.29) is 5.91 Å². The molecule has 2 fully saturated rings. The number of nitrogens with zero attached hydrogens (tertiary/aromatic N) is 5. The van der Waals surface area contributed by atoms with Gasteiger partial charge in [-0.25, -0.2) is 9.97 Å². The first-order chi connectivity index (χ1) is 11.7. The fourth-order valence-corrected chi connectivity index (χ4v) is 3.69. The Hall–Kier alpha value is -1.99. The number of aromatic nitrogens is 3. The molecule has 7 heteroatoms. The van der Waals surface area contributed by atoms with Crippen molar-refractivity contribution in [1.29, 1.82) is 0 Å². The second-order valence-corrected chi connectivity index (χ2v) is 6.59. The Balaban J connectivity index is 1.41. The molecule has 24 heavy (non-hydrogen) atoms. The molecular formula is C17H23N5O2. The third-order valence-corrected chi connectivity index (χ3v) is 5.11. The summed E-state index contributed by atoms with van der Waals surface area (Å²) in [7, 11) is 1.90. The number of ether oxygens (including phenoxy) is 1. The first-order valence-corrected chi connectivity index (χ1v) is 8.60. The van der Waals surface area contributed by atoms with E-state index in [0.29, 0.717) is 11.6 Å². The van der Waals surface area contributed by atoms with Crippen molar-refractivity contribution in [3.05, 3.63) is 24.2 Å². The zero-order chi connectivity index (χ0) is 16.5. The van der Waals surface area contributed by atoms with Gasteiger partial charge >= 0.3 is 0 Å². The number of hydrogen-bond donors (Lipinski definition) is 0. The van der Waals surface area contributed by atoms with E-state index in [2.05, 4.69) is 14.9 Å². The van der Waals surface area contributed by atoms with Crippen molar-refractivity contribution in [2.24, 2.45) is 7.05 Å². The molecule has 0 spiro atoms. The molecule has 7 nitrogen and oxygen atoms in total. The summed E-state index contributed by atoms with van der Waals surface area (Å²) in [4.78, 5) is 25.9. The SMILES string of the molecule is Cn1cnc2cc(C(=O)N3CCC(N4CCOCC4)CC3)cnc21. The maximum absolute atomic E-state index is 12.8. The second kappa shape index (κ2) is 6.49. The number of pyridine rings is 1. The fraction of sp³-hybridized carbons (Fsp3) is 0.588. The van der Waals surface area contributed by atoms with Gasteiger partial charge in [-0.3, -0.25) is 9.69 Å². The maximum atomic E-state index is 12.8. The zero-order valence-electron chi connectivity index (χ0n) is 14.0. The smallest absolute Gasteiger partial charge is 0.255 e. The minimum Gasteiger partial charge on any atom is -0.379 e. The molecule has 0 unspecified atom stereocenters. The summed E-state index contributed by atoms with van der Waals surface area (Å²) < 4.78 is 7.28. The molecule has 128 valence electrons. The van der Waals surface area contributed by atoms with Crippen molar-refractivity contribution in [3.8, 4) is 0 Å². The minimum absolute atomic E-state index is 0.0653. The number of rotatable bonds is 2. The van der Waals surface area contributed by atoms with E-state index in [1.54, 1.807) is 12.5 Å². The lowest BCUT2D eigenvalue weighted by Crippen LogP contribution is -2.50. The summed E-state index contributed by atoms with van der Waals surface area (Å²) in [5.74, 6) is 0.0653. The average molecular weight is 329 g/mol. The number of aryl methyl sites for hydroxylation is 1. The van der Waals surface area contributed by atoms with Crippen LogP contribution in [0.15, 0.2) is 18.6 Å². The van der Waals surface area contributed by atoms with E-state index in [9.17, 15) is 4.79 Å². The molecule has 0 N–H and O–H groups in total. The van der Waals surface area contributed by atoms with Gasteiger partial charge in [-0.05, 0) is 18.9 Å². The highest BCUT2D eigenvalue weighted by Gasteiger charge is 2.28. The number of morpholine rings is 1. The van der Waals surface area contributed by atoms with E-state index in [0.717, 1.165) is 63.4 Å². The van der Waals surface area contributed by atoms with Crippen LogP contribution in [0.1, 0.15) is 23.2 Å². The number of fused-ring (bicyclic) bond motifs is 1. The van der Waals surface area contributed by atoms with Gasteiger partial charge < -0.3 is 14.2 Å².